The number of fused-ring (bicyclic) bond motifs is 1. The lowest BCUT2D eigenvalue weighted by atomic mass is 10.0. The van der Waals surface area contributed by atoms with Gasteiger partial charge in [0, 0.05) is 29.7 Å². The normalized spacial score (nSPS) is 11.1. The number of halogens is 1. The Hall–Kier alpha value is -3.55. The Labute approximate surface area is 140 Å². The molecule has 0 saturated heterocycles. The Bertz CT molecular complexity index is 1100. The highest BCUT2D eigenvalue weighted by Crippen LogP contribution is 2.32. The number of carbonyl (C=O) groups is 1. The lowest BCUT2D eigenvalue weighted by Gasteiger charge is -2.07. The Morgan fingerprint density at radius 1 is 1.20 bits per heavy atom. The Kier molecular flexibility index (Phi) is 3.31. The maximum Gasteiger partial charge on any atom is 0.335 e. The molecule has 0 aliphatic carbocycles. The van der Waals surface area contributed by atoms with Crippen molar-refractivity contribution in [1.29, 1.82) is 0 Å². The van der Waals surface area contributed by atoms with E-state index in [4.69, 9.17) is 0 Å². The zero-order chi connectivity index (χ0) is 17.6. The van der Waals surface area contributed by atoms with Gasteiger partial charge in [0.1, 0.15) is 12.1 Å². The molecule has 1 N–H and O–H groups in total. The van der Waals surface area contributed by atoms with Gasteiger partial charge in [-0.15, -0.1) is 5.10 Å². The summed E-state index contributed by atoms with van der Waals surface area (Å²) in [6.45, 7) is 0. The summed E-state index contributed by atoms with van der Waals surface area (Å²) in [4.78, 5) is 11.5. The minimum atomic E-state index is -1.07. The number of aromatic carboxylic acids is 1. The van der Waals surface area contributed by atoms with Crippen molar-refractivity contribution in [3.05, 3.63) is 60.3 Å². The molecule has 0 saturated carbocycles. The van der Waals surface area contributed by atoms with E-state index in [0.717, 1.165) is 11.1 Å². The lowest BCUT2D eigenvalue weighted by Crippen LogP contribution is -2.02. The molecule has 8 heteroatoms. The molecule has 0 unspecified atom stereocenters. The third-order valence-corrected chi connectivity index (χ3v) is 4.04. The van der Waals surface area contributed by atoms with E-state index in [-0.39, 0.29) is 11.4 Å². The van der Waals surface area contributed by atoms with Gasteiger partial charge in [-0.1, -0.05) is 0 Å². The smallest absolute Gasteiger partial charge is 0.335 e. The second-order valence-electron chi connectivity index (χ2n) is 5.64. The van der Waals surface area contributed by atoms with Crippen LogP contribution in [0.2, 0.25) is 0 Å². The highest BCUT2D eigenvalue weighted by atomic mass is 19.1. The standard InChI is InChI=1S/C17H12FN5O2/c1-22-8-15(14-7-12(18)2-3-16(14)22)10-4-11(17(24)25)6-13(5-10)23-9-19-20-21-23/h2-9H,1H3,(H,24,25). The maximum absolute atomic E-state index is 13.7. The first-order chi connectivity index (χ1) is 12.0. The van der Waals surface area contributed by atoms with Gasteiger partial charge in [-0.05, 0) is 52.4 Å². The number of hydrogen-bond donors (Lipinski definition) is 1. The largest absolute Gasteiger partial charge is 0.478 e. The monoisotopic (exact) mass is 337 g/mol. The minimum Gasteiger partial charge on any atom is -0.478 e. The summed E-state index contributed by atoms with van der Waals surface area (Å²) in [6, 6.07) is 9.32. The number of tetrazole rings is 1. The first-order valence-electron chi connectivity index (χ1n) is 7.39. The van der Waals surface area contributed by atoms with Crippen molar-refractivity contribution in [1.82, 2.24) is 24.8 Å². The van der Waals surface area contributed by atoms with E-state index in [1.807, 2.05) is 17.8 Å². The molecule has 0 radical (unpaired) electrons. The molecule has 2 aromatic carbocycles. The van der Waals surface area contributed by atoms with E-state index in [9.17, 15) is 14.3 Å². The van der Waals surface area contributed by atoms with E-state index in [1.165, 1.54) is 29.2 Å². The van der Waals surface area contributed by atoms with Crippen molar-refractivity contribution in [3.8, 4) is 16.8 Å². The topological polar surface area (TPSA) is 85.8 Å². The van der Waals surface area contributed by atoms with Crippen LogP contribution in [0.25, 0.3) is 27.7 Å². The maximum atomic E-state index is 13.7. The fraction of sp³-hybridized carbons (Fsp3) is 0.0588. The predicted molar refractivity (Wildman–Crippen MR) is 88.0 cm³/mol. The highest BCUT2D eigenvalue weighted by Gasteiger charge is 2.14. The van der Waals surface area contributed by atoms with Crippen molar-refractivity contribution in [3.63, 3.8) is 0 Å². The molecule has 0 bridgehead atoms. The van der Waals surface area contributed by atoms with Crippen LogP contribution in [0.3, 0.4) is 0 Å². The molecule has 2 heterocycles. The van der Waals surface area contributed by atoms with Crippen molar-refractivity contribution in [2.75, 3.05) is 0 Å². The van der Waals surface area contributed by atoms with Crippen LogP contribution in [0, 0.1) is 5.82 Å². The fourth-order valence-corrected chi connectivity index (χ4v) is 2.90. The zero-order valence-electron chi connectivity index (χ0n) is 13.1. The van der Waals surface area contributed by atoms with Gasteiger partial charge in [0.15, 0.2) is 0 Å². The van der Waals surface area contributed by atoms with Crippen molar-refractivity contribution < 1.29 is 14.3 Å². The van der Waals surface area contributed by atoms with Crippen LogP contribution in [-0.2, 0) is 7.05 Å². The van der Waals surface area contributed by atoms with Crippen molar-refractivity contribution in [2.45, 2.75) is 0 Å². The minimum absolute atomic E-state index is 0.0939. The van der Waals surface area contributed by atoms with Gasteiger partial charge in [-0.3, -0.25) is 0 Å². The number of hydrogen-bond acceptors (Lipinski definition) is 4. The Balaban J connectivity index is 1.99. The summed E-state index contributed by atoms with van der Waals surface area (Å²) >= 11 is 0. The fourth-order valence-electron chi connectivity index (χ4n) is 2.90. The molecule has 0 atom stereocenters. The number of carboxylic acid groups (broad SMARTS) is 1. The number of carboxylic acids is 1. The summed E-state index contributed by atoms with van der Waals surface area (Å²) in [7, 11) is 1.85. The second-order valence-corrected chi connectivity index (χ2v) is 5.64. The number of aryl methyl sites for hydroxylation is 1. The molecule has 7 nitrogen and oxygen atoms in total. The summed E-state index contributed by atoms with van der Waals surface area (Å²) in [5, 5.41) is 21.1. The van der Waals surface area contributed by atoms with Gasteiger partial charge in [-0.2, -0.15) is 0 Å². The van der Waals surface area contributed by atoms with E-state index in [0.29, 0.717) is 16.6 Å². The molecule has 0 fully saturated rings. The SMILES string of the molecule is Cn1cc(-c2cc(C(=O)O)cc(-n3cnnn3)c2)c2cc(F)ccc21. The molecule has 4 aromatic rings. The molecule has 4 rings (SSSR count). The average Bonchev–Trinajstić information content (AvgIpc) is 3.23. The number of nitrogens with zero attached hydrogens (tertiary/aromatic N) is 5. The van der Waals surface area contributed by atoms with Gasteiger partial charge < -0.3 is 9.67 Å². The van der Waals surface area contributed by atoms with Crippen LogP contribution in [0.5, 0.6) is 0 Å². The van der Waals surface area contributed by atoms with Crippen LogP contribution in [-0.4, -0.2) is 35.9 Å². The summed E-state index contributed by atoms with van der Waals surface area (Å²) in [5.74, 6) is -1.42. The molecule has 0 spiro atoms. The molecular formula is C17H12FN5O2. The van der Waals surface area contributed by atoms with E-state index in [2.05, 4.69) is 15.5 Å². The van der Waals surface area contributed by atoms with E-state index in [1.54, 1.807) is 18.2 Å². The first-order valence-corrected chi connectivity index (χ1v) is 7.39. The van der Waals surface area contributed by atoms with Gasteiger partial charge >= 0.3 is 5.97 Å². The molecule has 0 aliphatic rings. The van der Waals surface area contributed by atoms with Crippen LogP contribution in [0.1, 0.15) is 10.4 Å². The second kappa shape index (κ2) is 5.52. The van der Waals surface area contributed by atoms with Crippen molar-refractivity contribution >= 4 is 16.9 Å². The van der Waals surface area contributed by atoms with Gasteiger partial charge in [0.2, 0.25) is 0 Å². The average molecular weight is 337 g/mol. The zero-order valence-corrected chi connectivity index (χ0v) is 13.1. The molecular weight excluding hydrogens is 325 g/mol. The number of benzene rings is 2. The Morgan fingerprint density at radius 2 is 2.04 bits per heavy atom. The number of aromatic nitrogens is 5. The summed E-state index contributed by atoms with van der Waals surface area (Å²) in [6.07, 6.45) is 3.22. The van der Waals surface area contributed by atoms with E-state index < -0.39 is 5.97 Å². The highest BCUT2D eigenvalue weighted by molar-refractivity contribution is 5.98. The summed E-state index contributed by atoms with van der Waals surface area (Å²) < 4.78 is 17.0. The lowest BCUT2D eigenvalue weighted by molar-refractivity contribution is 0.0697. The predicted octanol–water partition coefficient (Wildman–Crippen LogP) is 2.66. The quantitative estimate of drug-likeness (QED) is 0.621. The van der Waals surface area contributed by atoms with Crippen LogP contribution >= 0.6 is 0 Å². The van der Waals surface area contributed by atoms with Gasteiger partial charge in [0.05, 0.1) is 11.3 Å². The van der Waals surface area contributed by atoms with Gasteiger partial charge in [0.25, 0.3) is 0 Å². The molecule has 0 aliphatic heterocycles. The molecule has 2 aromatic heterocycles. The molecule has 124 valence electrons. The van der Waals surface area contributed by atoms with Crippen LogP contribution in [0.15, 0.2) is 48.9 Å². The van der Waals surface area contributed by atoms with Crippen LogP contribution < -0.4 is 0 Å². The van der Waals surface area contributed by atoms with Gasteiger partial charge in [-0.25, -0.2) is 13.9 Å². The molecule has 25 heavy (non-hydrogen) atoms. The Morgan fingerprint density at radius 3 is 2.76 bits per heavy atom. The third-order valence-electron chi connectivity index (χ3n) is 4.04. The molecule has 0 amide bonds. The van der Waals surface area contributed by atoms with E-state index >= 15 is 0 Å². The summed E-state index contributed by atoms with van der Waals surface area (Å²) in [5.41, 5.74) is 2.82. The van der Waals surface area contributed by atoms with Crippen molar-refractivity contribution in [2.24, 2.45) is 7.05 Å². The number of rotatable bonds is 3. The van der Waals surface area contributed by atoms with Crippen LogP contribution in [0.4, 0.5) is 4.39 Å². The third kappa shape index (κ3) is 2.53. The first kappa shape index (κ1) is 15.0.